The Hall–Kier alpha value is -2.79. The van der Waals surface area contributed by atoms with Gasteiger partial charge in [0, 0.05) is 12.5 Å². The minimum atomic E-state index is -4.40. The van der Waals surface area contributed by atoms with Crippen molar-refractivity contribution in [2.45, 2.75) is 18.0 Å². The van der Waals surface area contributed by atoms with Gasteiger partial charge in [-0.2, -0.15) is 13.2 Å². The largest absolute Gasteiger partial charge is 0.492 e. The summed E-state index contributed by atoms with van der Waals surface area (Å²) in [6.07, 6.45) is -4.40. The summed E-state index contributed by atoms with van der Waals surface area (Å²) in [5, 5.41) is 0. The van der Waals surface area contributed by atoms with E-state index in [0.29, 0.717) is 23.5 Å². The topological polar surface area (TPSA) is 12.5 Å². The summed E-state index contributed by atoms with van der Waals surface area (Å²) in [7, 11) is 3.91. The van der Waals surface area contributed by atoms with Gasteiger partial charge in [0.1, 0.15) is 12.4 Å². The quantitative estimate of drug-likeness (QED) is 0.442. The number of nitrogens with zero attached hydrogens (tertiary/aromatic N) is 1. The van der Waals surface area contributed by atoms with Crippen molar-refractivity contribution in [2.75, 3.05) is 27.2 Å². The molecule has 0 N–H and O–H groups in total. The molecule has 0 amide bonds. The molecule has 0 bridgehead atoms. The van der Waals surface area contributed by atoms with Crippen molar-refractivity contribution in [2.24, 2.45) is 0 Å². The van der Waals surface area contributed by atoms with Crippen molar-refractivity contribution < 1.29 is 17.9 Å². The fraction of sp³-hybridized carbons (Fsp3) is 0.280. The van der Waals surface area contributed by atoms with Crippen molar-refractivity contribution in [3.63, 3.8) is 0 Å². The number of hydrogen-bond donors (Lipinski definition) is 0. The van der Waals surface area contributed by atoms with E-state index in [1.54, 1.807) is 78.9 Å². The highest BCUT2D eigenvalue weighted by molar-refractivity contribution is 5.41. The van der Waals surface area contributed by atoms with Crippen molar-refractivity contribution in [1.29, 1.82) is 0 Å². The molecule has 0 radical (unpaired) electrons. The van der Waals surface area contributed by atoms with Crippen LogP contribution in [0.4, 0.5) is 13.2 Å². The standard InChI is InChI=1S/C25H26F3NO/c1-29(2)17-18-30-22-15-13-20(14-16-22)23(19-9-5-3-6-10-19)24(25(26,27)28)21-11-7-4-8-12-21/h3-16,23-24H,17-18H2,1-2H3. The molecule has 30 heavy (non-hydrogen) atoms. The minimum Gasteiger partial charge on any atom is -0.492 e. The SMILES string of the molecule is CN(C)CCOc1ccc(C(c2ccccc2)C(c2ccccc2)C(F)(F)F)cc1. The number of halogens is 3. The van der Waals surface area contributed by atoms with Crippen LogP contribution < -0.4 is 4.74 Å². The monoisotopic (exact) mass is 413 g/mol. The highest BCUT2D eigenvalue weighted by Crippen LogP contribution is 2.48. The molecule has 0 fully saturated rings. The van der Waals surface area contributed by atoms with E-state index in [-0.39, 0.29) is 5.56 Å². The first kappa shape index (κ1) is 21.9. The van der Waals surface area contributed by atoms with E-state index in [0.717, 1.165) is 6.54 Å². The Morgan fingerprint density at radius 2 is 1.23 bits per heavy atom. The first-order valence-electron chi connectivity index (χ1n) is 9.90. The minimum absolute atomic E-state index is 0.255. The van der Waals surface area contributed by atoms with E-state index in [1.807, 2.05) is 25.1 Å². The highest BCUT2D eigenvalue weighted by atomic mass is 19.4. The van der Waals surface area contributed by atoms with Gasteiger partial charge in [0.15, 0.2) is 0 Å². The zero-order chi connectivity index (χ0) is 21.6. The van der Waals surface area contributed by atoms with Gasteiger partial charge in [0.25, 0.3) is 0 Å². The van der Waals surface area contributed by atoms with Gasteiger partial charge in [0.2, 0.25) is 0 Å². The lowest BCUT2D eigenvalue weighted by Crippen LogP contribution is -2.28. The van der Waals surface area contributed by atoms with Crippen LogP contribution in [0.25, 0.3) is 0 Å². The molecule has 0 aliphatic rings. The number of likely N-dealkylation sites (N-methyl/N-ethyl adjacent to an activating group) is 1. The summed E-state index contributed by atoms with van der Waals surface area (Å²) < 4.78 is 48.7. The molecule has 3 aromatic carbocycles. The third-order valence-electron chi connectivity index (χ3n) is 5.05. The van der Waals surface area contributed by atoms with Gasteiger partial charge in [-0.1, -0.05) is 72.8 Å². The zero-order valence-electron chi connectivity index (χ0n) is 17.1. The normalized spacial score (nSPS) is 13.8. The van der Waals surface area contributed by atoms with E-state index in [4.69, 9.17) is 4.74 Å². The molecule has 158 valence electrons. The Bertz CT molecular complexity index is 893. The van der Waals surface area contributed by atoms with Crippen molar-refractivity contribution in [3.8, 4) is 5.75 Å². The zero-order valence-corrected chi connectivity index (χ0v) is 17.1. The lowest BCUT2D eigenvalue weighted by Gasteiger charge is -2.30. The maximum Gasteiger partial charge on any atom is 0.396 e. The van der Waals surface area contributed by atoms with Crippen molar-refractivity contribution in [1.82, 2.24) is 4.90 Å². The summed E-state index contributed by atoms with van der Waals surface area (Å²) in [4.78, 5) is 2.01. The summed E-state index contributed by atoms with van der Waals surface area (Å²) in [6, 6.07) is 24.0. The Kier molecular flexibility index (Phi) is 7.16. The first-order valence-corrected chi connectivity index (χ1v) is 9.90. The lowest BCUT2D eigenvalue weighted by molar-refractivity contribution is -0.153. The summed E-state index contributed by atoms with van der Waals surface area (Å²) in [6.45, 7) is 1.28. The third-order valence-corrected chi connectivity index (χ3v) is 5.05. The second-order valence-electron chi connectivity index (χ2n) is 7.54. The fourth-order valence-corrected chi connectivity index (χ4v) is 3.59. The Labute approximate surface area is 175 Å². The summed E-state index contributed by atoms with van der Waals surface area (Å²) >= 11 is 0. The molecule has 2 atom stereocenters. The van der Waals surface area contributed by atoms with E-state index in [2.05, 4.69) is 0 Å². The number of rotatable bonds is 8. The van der Waals surface area contributed by atoms with Gasteiger partial charge in [-0.3, -0.25) is 0 Å². The van der Waals surface area contributed by atoms with Crippen LogP contribution in [0.2, 0.25) is 0 Å². The van der Waals surface area contributed by atoms with Crippen LogP contribution in [0.5, 0.6) is 5.75 Å². The molecular weight excluding hydrogens is 387 g/mol. The van der Waals surface area contributed by atoms with Gasteiger partial charge in [0.05, 0.1) is 5.92 Å². The number of hydrogen-bond acceptors (Lipinski definition) is 2. The van der Waals surface area contributed by atoms with Gasteiger partial charge < -0.3 is 9.64 Å². The van der Waals surface area contributed by atoms with Gasteiger partial charge in [-0.05, 0) is 42.9 Å². The second kappa shape index (κ2) is 9.81. The summed E-state index contributed by atoms with van der Waals surface area (Å²) in [5.41, 5.74) is 1.49. The van der Waals surface area contributed by atoms with E-state index in [9.17, 15) is 13.2 Å². The Balaban J connectivity index is 1.99. The Morgan fingerprint density at radius 3 is 1.73 bits per heavy atom. The van der Waals surface area contributed by atoms with Crippen LogP contribution in [-0.2, 0) is 0 Å². The average molecular weight is 413 g/mol. The number of ether oxygens (including phenoxy) is 1. The second-order valence-corrected chi connectivity index (χ2v) is 7.54. The van der Waals surface area contributed by atoms with Crippen LogP contribution in [-0.4, -0.2) is 38.3 Å². The van der Waals surface area contributed by atoms with Gasteiger partial charge in [-0.15, -0.1) is 0 Å². The molecule has 0 spiro atoms. The third kappa shape index (κ3) is 5.63. The van der Waals surface area contributed by atoms with Crippen LogP contribution in [0.15, 0.2) is 84.9 Å². The molecule has 0 aliphatic heterocycles. The predicted octanol–water partition coefficient (Wildman–Crippen LogP) is 6.11. The van der Waals surface area contributed by atoms with Gasteiger partial charge in [-0.25, -0.2) is 0 Å². The molecule has 2 unspecified atom stereocenters. The van der Waals surface area contributed by atoms with Crippen molar-refractivity contribution >= 4 is 0 Å². The molecule has 0 heterocycles. The van der Waals surface area contributed by atoms with Crippen molar-refractivity contribution in [3.05, 3.63) is 102 Å². The molecule has 3 rings (SSSR count). The highest BCUT2D eigenvalue weighted by Gasteiger charge is 2.46. The maximum absolute atomic E-state index is 14.3. The molecule has 3 aromatic rings. The van der Waals surface area contributed by atoms with Crippen LogP contribution in [0.3, 0.4) is 0 Å². The average Bonchev–Trinajstić information content (AvgIpc) is 2.73. The molecule has 0 saturated carbocycles. The van der Waals surface area contributed by atoms with Gasteiger partial charge >= 0.3 is 6.18 Å². The molecule has 0 saturated heterocycles. The maximum atomic E-state index is 14.3. The lowest BCUT2D eigenvalue weighted by atomic mass is 9.76. The van der Waals surface area contributed by atoms with E-state index >= 15 is 0 Å². The predicted molar refractivity (Wildman–Crippen MR) is 114 cm³/mol. The van der Waals surface area contributed by atoms with E-state index < -0.39 is 18.0 Å². The molecule has 0 aliphatic carbocycles. The van der Waals surface area contributed by atoms with E-state index in [1.165, 1.54) is 0 Å². The number of benzene rings is 3. The smallest absolute Gasteiger partial charge is 0.396 e. The molecular formula is C25H26F3NO. The summed E-state index contributed by atoms with van der Waals surface area (Å²) in [5.74, 6) is -1.86. The Morgan fingerprint density at radius 1 is 0.733 bits per heavy atom. The molecule has 0 aromatic heterocycles. The number of alkyl halides is 3. The molecule has 5 heteroatoms. The van der Waals surface area contributed by atoms with Crippen LogP contribution >= 0.6 is 0 Å². The molecule has 2 nitrogen and oxygen atoms in total. The van der Waals surface area contributed by atoms with Crippen LogP contribution in [0.1, 0.15) is 28.5 Å². The van der Waals surface area contributed by atoms with Crippen LogP contribution in [0, 0.1) is 0 Å². The first-order chi connectivity index (χ1) is 14.4. The fourth-order valence-electron chi connectivity index (χ4n) is 3.59.